The minimum atomic E-state index is -0.360. The Bertz CT molecular complexity index is 1220. The van der Waals surface area contributed by atoms with E-state index in [1.807, 2.05) is 42.5 Å². The molecule has 4 rings (SSSR count). The molecular formula is C26H26Cl2N2O4S. The number of amides is 1. The molecule has 1 N–H and O–H groups in total. The second-order valence-electron chi connectivity index (χ2n) is 8.28. The van der Waals surface area contributed by atoms with Gasteiger partial charge in [-0.3, -0.25) is 9.69 Å². The number of morpholine rings is 1. The zero-order valence-electron chi connectivity index (χ0n) is 19.3. The van der Waals surface area contributed by atoms with E-state index < -0.39 is 0 Å². The highest BCUT2D eigenvalue weighted by Gasteiger charge is 2.21. The van der Waals surface area contributed by atoms with Crippen LogP contribution in [0.3, 0.4) is 0 Å². The van der Waals surface area contributed by atoms with Crippen molar-refractivity contribution in [1.82, 2.24) is 10.2 Å². The lowest BCUT2D eigenvalue weighted by atomic mass is 10.1. The second kappa shape index (κ2) is 12.1. The number of fused-ring (bicyclic) bond motifs is 1. The second-order valence-corrected chi connectivity index (χ2v) is 10.1. The maximum absolute atomic E-state index is 12.4. The van der Waals surface area contributed by atoms with Crippen molar-refractivity contribution in [2.75, 3.05) is 39.1 Å². The fourth-order valence-corrected chi connectivity index (χ4v) is 5.02. The number of hydrogen-bond acceptors (Lipinski definition) is 6. The Hall–Kier alpha value is -2.29. The fraction of sp³-hybridized carbons (Fsp3) is 0.308. The van der Waals surface area contributed by atoms with Crippen LogP contribution in [0.5, 0.6) is 0 Å². The summed E-state index contributed by atoms with van der Waals surface area (Å²) >= 11 is 13.6. The van der Waals surface area contributed by atoms with E-state index in [2.05, 4.69) is 10.2 Å². The highest BCUT2D eigenvalue weighted by Crippen LogP contribution is 2.25. The number of ether oxygens (including phenoxy) is 2. The first-order valence-corrected chi connectivity index (χ1v) is 12.9. The van der Waals surface area contributed by atoms with Crippen LogP contribution in [0.25, 0.3) is 10.8 Å². The van der Waals surface area contributed by atoms with Gasteiger partial charge in [-0.1, -0.05) is 41.4 Å². The number of benzene rings is 3. The summed E-state index contributed by atoms with van der Waals surface area (Å²) in [6.07, 6.45) is -0.0647. The number of hydrogen-bond donors (Lipinski definition) is 1. The summed E-state index contributed by atoms with van der Waals surface area (Å²) in [6, 6.07) is 17.0. The third-order valence-electron chi connectivity index (χ3n) is 5.74. The predicted molar refractivity (Wildman–Crippen MR) is 141 cm³/mol. The molecule has 1 aliphatic heterocycles. The Morgan fingerprint density at radius 1 is 1.09 bits per heavy atom. The van der Waals surface area contributed by atoms with Gasteiger partial charge in [-0.05, 0) is 52.7 Å². The smallest absolute Gasteiger partial charge is 0.337 e. The Balaban J connectivity index is 1.23. The van der Waals surface area contributed by atoms with Crippen molar-refractivity contribution in [3.05, 3.63) is 75.8 Å². The molecule has 0 radical (unpaired) electrons. The average Bonchev–Trinajstić information content (AvgIpc) is 2.87. The number of carbonyl (C=O) groups is 2. The molecule has 35 heavy (non-hydrogen) atoms. The largest absolute Gasteiger partial charge is 0.465 e. The number of methoxy groups -OCH3 is 1. The number of halogens is 2. The Kier molecular flexibility index (Phi) is 8.92. The molecule has 9 heteroatoms. The molecule has 1 aliphatic rings. The highest BCUT2D eigenvalue weighted by atomic mass is 35.5. The minimum Gasteiger partial charge on any atom is -0.465 e. The van der Waals surface area contributed by atoms with Gasteiger partial charge in [0.15, 0.2) is 0 Å². The lowest BCUT2D eigenvalue weighted by molar-refractivity contribution is -0.119. The fourth-order valence-electron chi connectivity index (χ4n) is 3.93. The van der Waals surface area contributed by atoms with Gasteiger partial charge in [0.2, 0.25) is 5.91 Å². The van der Waals surface area contributed by atoms with E-state index in [0.29, 0.717) is 34.5 Å². The molecule has 184 valence electrons. The van der Waals surface area contributed by atoms with Gasteiger partial charge in [0.1, 0.15) is 0 Å². The predicted octanol–water partition coefficient (Wildman–Crippen LogP) is 5.04. The van der Waals surface area contributed by atoms with Gasteiger partial charge in [-0.2, -0.15) is 0 Å². The van der Waals surface area contributed by atoms with Crippen molar-refractivity contribution in [2.45, 2.75) is 17.5 Å². The van der Waals surface area contributed by atoms with E-state index in [4.69, 9.17) is 32.7 Å². The Labute approximate surface area is 218 Å². The number of rotatable bonds is 8. The number of nitrogens with one attached hydrogen (secondary N) is 1. The topological polar surface area (TPSA) is 67.9 Å². The van der Waals surface area contributed by atoms with E-state index in [0.717, 1.165) is 40.9 Å². The van der Waals surface area contributed by atoms with Crippen molar-refractivity contribution < 1.29 is 19.1 Å². The average molecular weight is 533 g/mol. The molecule has 0 aliphatic carbocycles. The highest BCUT2D eigenvalue weighted by molar-refractivity contribution is 8.00. The van der Waals surface area contributed by atoms with Crippen LogP contribution in [0.2, 0.25) is 10.0 Å². The maximum atomic E-state index is 12.4. The summed E-state index contributed by atoms with van der Waals surface area (Å²) in [7, 11) is 1.37. The Morgan fingerprint density at radius 2 is 1.89 bits per heavy atom. The molecule has 6 nitrogen and oxygen atoms in total. The monoisotopic (exact) mass is 532 g/mol. The van der Waals surface area contributed by atoms with Crippen molar-refractivity contribution in [2.24, 2.45) is 0 Å². The maximum Gasteiger partial charge on any atom is 0.337 e. The quantitative estimate of drug-likeness (QED) is 0.323. The van der Waals surface area contributed by atoms with E-state index in [1.165, 1.54) is 18.9 Å². The van der Waals surface area contributed by atoms with Crippen LogP contribution in [0.1, 0.15) is 15.9 Å². The van der Waals surface area contributed by atoms with Crippen molar-refractivity contribution >= 4 is 57.6 Å². The van der Waals surface area contributed by atoms with Crippen LogP contribution < -0.4 is 5.32 Å². The molecular weight excluding hydrogens is 507 g/mol. The summed E-state index contributed by atoms with van der Waals surface area (Å²) < 4.78 is 10.6. The molecule has 0 spiro atoms. The first-order valence-electron chi connectivity index (χ1n) is 11.2. The first kappa shape index (κ1) is 25.8. The zero-order valence-corrected chi connectivity index (χ0v) is 21.6. The van der Waals surface area contributed by atoms with E-state index in [-0.39, 0.29) is 18.0 Å². The first-order chi connectivity index (χ1) is 16.9. The van der Waals surface area contributed by atoms with Crippen LogP contribution in [0.15, 0.2) is 59.5 Å². The van der Waals surface area contributed by atoms with Crippen LogP contribution in [0.4, 0.5) is 0 Å². The summed E-state index contributed by atoms with van der Waals surface area (Å²) in [5, 5.41) is 6.03. The van der Waals surface area contributed by atoms with E-state index >= 15 is 0 Å². The van der Waals surface area contributed by atoms with E-state index in [9.17, 15) is 9.59 Å². The zero-order chi connectivity index (χ0) is 24.8. The van der Waals surface area contributed by atoms with Crippen LogP contribution >= 0.6 is 35.0 Å². The van der Waals surface area contributed by atoms with Gasteiger partial charge < -0.3 is 14.8 Å². The standard InChI is InChI=1S/C26H26Cl2N2O4S/c1-33-26(32)20-4-3-19-12-22(6-5-18(19)11-20)35-16-25(31)29-13-21-15-30(8-9-34-21)14-17-2-7-23(27)24(28)10-17/h2-7,10-12,21H,8-9,13-16H2,1H3,(H,29,31)/t21-/m0/s1. The molecule has 1 heterocycles. The van der Waals surface area contributed by atoms with Gasteiger partial charge >= 0.3 is 5.97 Å². The molecule has 1 saturated heterocycles. The Morgan fingerprint density at radius 3 is 2.69 bits per heavy atom. The summed E-state index contributed by atoms with van der Waals surface area (Å²) in [6.45, 7) is 3.38. The SMILES string of the molecule is COC(=O)c1ccc2cc(SCC(=O)NC[C@H]3CN(Cc4ccc(Cl)c(Cl)c4)CCO3)ccc2c1. The third-order valence-corrected chi connectivity index (χ3v) is 7.48. The summed E-state index contributed by atoms with van der Waals surface area (Å²) in [4.78, 5) is 27.4. The number of nitrogens with zero attached hydrogens (tertiary/aromatic N) is 1. The lowest BCUT2D eigenvalue weighted by Crippen LogP contribution is -2.47. The molecule has 0 unspecified atom stereocenters. The number of esters is 1. The van der Waals surface area contributed by atoms with Crippen molar-refractivity contribution in [3.63, 3.8) is 0 Å². The molecule has 3 aromatic rings. The molecule has 1 fully saturated rings. The van der Waals surface area contributed by atoms with Gasteiger partial charge in [-0.15, -0.1) is 11.8 Å². The molecule has 1 amide bonds. The van der Waals surface area contributed by atoms with Crippen LogP contribution in [-0.2, 0) is 20.8 Å². The van der Waals surface area contributed by atoms with Gasteiger partial charge in [0, 0.05) is 31.1 Å². The molecule has 0 bridgehead atoms. The summed E-state index contributed by atoms with van der Waals surface area (Å²) in [5.41, 5.74) is 1.61. The normalized spacial score (nSPS) is 16.3. The minimum absolute atomic E-state index is 0.0404. The lowest BCUT2D eigenvalue weighted by Gasteiger charge is -2.33. The van der Waals surface area contributed by atoms with Crippen LogP contribution in [-0.4, -0.2) is 62.0 Å². The third kappa shape index (κ3) is 7.12. The molecule has 1 atom stereocenters. The van der Waals surface area contributed by atoms with Crippen molar-refractivity contribution in [3.8, 4) is 0 Å². The molecule has 3 aromatic carbocycles. The number of carbonyl (C=O) groups excluding carboxylic acids is 2. The van der Waals surface area contributed by atoms with Gasteiger partial charge in [0.25, 0.3) is 0 Å². The van der Waals surface area contributed by atoms with Gasteiger partial charge in [-0.25, -0.2) is 4.79 Å². The summed E-state index contributed by atoms with van der Waals surface area (Å²) in [5.74, 6) is -0.0892. The van der Waals surface area contributed by atoms with E-state index in [1.54, 1.807) is 12.1 Å². The number of thioether (sulfide) groups is 1. The molecule has 0 aromatic heterocycles. The molecule has 0 saturated carbocycles. The van der Waals surface area contributed by atoms with Crippen LogP contribution in [0, 0.1) is 0 Å². The van der Waals surface area contributed by atoms with Crippen molar-refractivity contribution in [1.29, 1.82) is 0 Å². The van der Waals surface area contributed by atoms with Gasteiger partial charge in [0.05, 0.1) is 41.2 Å².